The van der Waals surface area contributed by atoms with Gasteiger partial charge in [-0.15, -0.1) is 11.3 Å². The molecule has 1 N–H and O–H groups in total. The summed E-state index contributed by atoms with van der Waals surface area (Å²) in [5, 5.41) is 5.57. The van der Waals surface area contributed by atoms with Gasteiger partial charge in [0.1, 0.15) is 0 Å². The van der Waals surface area contributed by atoms with Gasteiger partial charge in [-0.2, -0.15) is 0 Å². The van der Waals surface area contributed by atoms with Crippen LogP contribution in [0, 0.1) is 0 Å². The Morgan fingerprint density at radius 3 is 3.00 bits per heavy atom. The molecule has 0 saturated heterocycles. The van der Waals surface area contributed by atoms with E-state index in [0.29, 0.717) is 6.04 Å². The van der Waals surface area contributed by atoms with Gasteiger partial charge in [0.25, 0.3) is 0 Å². The number of thiophene rings is 1. The molecule has 0 aliphatic carbocycles. The molecule has 0 bridgehead atoms. The van der Waals surface area contributed by atoms with E-state index in [1.807, 2.05) is 30.5 Å². The molecule has 2 rings (SSSR count). The smallest absolute Gasteiger partial charge is 0.0931 e. The van der Waals surface area contributed by atoms with Gasteiger partial charge < -0.3 is 5.32 Å². The van der Waals surface area contributed by atoms with Crippen molar-refractivity contribution in [2.24, 2.45) is 0 Å². The quantitative estimate of drug-likeness (QED) is 0.893. The molecule has 1 unspecified atom stereocenters. The molecule has 0 saturated carbocycles. The average Bonchev–Trinajstić information content (AvgIpc) is 2.77. The SMILES string of the molecule is CC(NCCc1ccccn1)c1csc(Cl)c1. The molecular formula is C13H15ClN2S. The van der Waals surface area contributed by atoms with Gasteiger partial charge in [0.15, 0.2) is 0 Å². The fourth-order valence-electron chi connectivity index (χ4n) is 1.63. The lowest BCUT2D eigenvalue weighted by Crippen LogP contribution is -2.21. The summed E-state index contributed by atoms with van der Waals surface area (Å²) in [6, 6.07) is 8.36. The second-order valence-corrected chi connectivity index (χ2v) is 5.47. The van der Waals surface area contributed by atoms with Crippen molar-refractivity contribution in [3.05, 3.63) is 51.4 Å². The van der Waals surface area contributed by atoms with Gasteiger partial charge in [-0.3, -0.25) is 4.98 Å². The number of nitrogens with zero attached hydrogens (tertiary/aromatic N) is 1. The molecule has 0 radical (unpaired) electrons. The van der Waals surface area contributed by atoms with E-state index in [2.05, 4.69) is 22.6 Å². The summed E-state index contributed by atoms with van der Waals surface area (Å²) >= 11 is 7.49. The number of nitrogens with one attached hydrogen (secondary N) is 1. The number of hydrogen-bond donors (Lipinski definition) is 1. The Labute approximate surface area is 111 Å². The van der Waals surface area contributed by atoms with Crippen molar-refractivity contribution in [2.45, 2.75) is 19.4 Å². The lowest BCUT2D eigenvalue weighted by molar-refractivity contribution is 0.575. The maximum Gasteiger partial charge on any atom is 0.0931 e. The minimum atomic E-state index is 0.336. The van der Waals surface area contributed by atoms with Crippen LogP contribution in [0.2, 0.25) is 4.34 Å². The van der Waals surface area contributed by atoms with Gasteiger partial charge in [-0.1, -0.05) is 17.7 Å². The molecule has 4 heteroatoms. The molecule has 2 aromatic heterocycles. The van der Waals surface area contributed by atoms with Crippen molar-refractivity contribution in [3.8, 4) is 0 Å². The number of hydrogen-bond acceptors (Lipinski definition) is 3. The van der Waals surface area contributed by atoms with Gasteiger partial charge in [-0.05, 0) is 36.1 Å². The van der Waals surface area contributed by atoms with E-state index in [1.54, 1.807) is 11.3 Å². The van der Waals surface area contributed by atoms with Crippen LogP contribution in [-0.2, 0) is 6.42 Å². The monoisotopic (exact) mass is 266 g/mol. The summed E-state index contributed by atoms with van der Waals surface area (Å²) in [6.45, 7) is 3.07. The van der Waals surface area contributed by atoms with Crippen LogP contribution >= 0.6 is 22.9 Å². The molecule has 0 spiro atoms. The molecule has 1 atom stereocenters. The molecule has 0 aromatic carbocycles. The lowest BCUT2D eigenvalue weighted by Gasteiger charge is -2.11. The predicted octanol–water partition coefficient (Wildman–Crippen LogP) is 3.69. The van der Waals surface area contributed by atoms with E-state index < -0.39 is 0 Å². The van der Waals surface area contributed by atoms with Crippen LogP contribution < -0.4 is 5.32 Å². The maximum atomic E-state index is 5.92. The van der Waals surface area contributed by atoms with Crippen LogP contribution in [0.15, 0.2) is 35.8 Å². The van der Waals surface area contributed by atoms with E-state index in [1.165, 1.54) is 5.56 Å². The third kappa shape index (κ3) is 3.80. The van der Waals surface area contributed by atoms with Gasteiger partial charge in [-0.25, -0.2) is 0 Å². The first kappa shape index (κ1) is 12.6. The Morgan fingerprint density at radius 2 is 2.35 bits per heavy atom. The first-order valence-corrected chi connectivity index (χ1v) is 6.88. The standard InChI is InChI=1S/C13H15ClN2S/c1-10(11-8-13(14)17-9-11)15-7-5-12-4-2-3-6-16-12/h2-4,6,8-10,15H,5,7H2,1H3. The van der Waals surface area contributed by atoms with Crippen LogP contribution in [0.3, 0.4) is 0 Å². The van der Waals surface area contributed by atoms with Crippen LogP contribution in [0.25, 0.3) is 0 Å². The third-order valence-electron chi connectivity index (χ3n) is 2.65. The molecule has 2 nitrogen and oxygen atoms in total. The molecule has 17 heavy (non-hydrogen) atoms. The highest BCUT2D eigenvalue weighted by Crippen LogP contribution is 2.24. The van der Waals surface area contributed by atoms with Crippen molar-refractivity contribution in [1.82, 2.24) is 10.3 Å². The summed E-state index contributed by atoms with van der Waals surface area (Å²) in [7, 11) is 0. The molecule has 90 valence electrons. The van der Waals surface area contributed by atoms with Crippen LogP contribution in [0.1, 0.15) is 24.2 Å². The summed E-state index contributed by atoms with van der Waals surface area (Å²) in [4.78, 5) is 4.29. The lowest BCUT2D eigenvalue weighted by atomic mass is 10.2. The van der Waals surface area contributed by atoms with Crippen molar-refractivity contribution >= 4 is 22.9 Å². The van der Waals surface area contributed by atoms with Crippen molar-refractivity contribution < 1.29 is 0 Å². The molecule has 2 heterocycles. The topological polar surface area (TPSA) is 24.9 Å². The molecular weight excluding hydrogens is 252 g/mol. The highest BCUT2D eigenvalue weighted by atomic mass is 35.5. The van der Waals surface area contributed by atoms with E-state index in [-0.39, 0.29) is 0 Å². The summed E-state index contributed by atoms with van der Waals surface area (Å²) in [5.41, 5.74) is 2.37. The average molecular weight is 267 g/mol. The first-order chi connectivity index (χ1) is 8.25. The number of aromatic nitrogens is 1. The van der Waals surface area contributed by atoms with E-state index in [4.69, 9.17) is 11.6 Å². The van der Waals surface area contributed by atoms with Gasteiger partial charge in [0.05, 0.1) is 4.34 Å². The normalized spacial score (nSPS) is 12.6. The number of rotatable bonds is 5. The Kier molecular flexibility index (Phi) is 4.54. The summed E-state index contributed by atoms with van der Waals surface area (Å²) in [6.07, 6.45) is 2.78. The van der Waals surface area contributed by atoms with Crippen LogP contribution in [-0.4, -0.2) is 11.5 Å². The summed E-state index contributed by atoms with van der Waals surface area (Å²) in [5.74, 6) is 0. The highest BCUT2D eigenvalue weighted by molar-refractivity contribution is 7.14. The minimum Gasteiger partial charge on any atom is -0.310 e. The molecule has 0 aliphatic heterocycles. The zero-order valence-electron chi connectivity index (χ0n) is 9.69. The van der Waals surface area contributed by atoms with Crippen molar-refractivity contribution in [3.63, 3.8) is 0 Å². The molecule has 0 aliphatic rings. The van der Waals surface area contributed by atoms with Crippen LogP contribution in [0.5, 0.6) is 0 Å². The van der Waals surface area contributed by atoms with Crippen molar-refractivity contribution in [1.29, 1.82) is 0 Å². The van der Waals surface area contributed by atoms with Gasteiger partial charge >= 0.3 is 0 Å². The van der Waals surface area contributed by atoms with E-state index in [9.17, 15) is 0 Å². The second kappa shape index (κ2) is 6.15. The maximum absolute atomic E-state index is 5.92. The fourth-order valence-corrected chi connectivity index (χ4v) is 2.62. The zero-order chi connectivity index (χ0) is 12.1. The van der Waals surface area contributed by atoms with E-state index >= 15 is 0 Å². The van der Waals surface area contributed by atoms with E-state index in [0.717, 1.165) is 23.0 Å². The number of halogens is 1. The largest absolute Gasteiger partial charge is 0.310 e. The van der Waals surface area contributed by atoms with Gasteiger partial charge in [0, 0.05) is 30.9 Å². The highest BCUT2D eigenvalue weighted by Gasteiger charge is 2.06. The Hall–Kier alpha value is -0.900. The molecule has 0 amide bonds. The summed E-state index contributed by atoms with van der Waals surface area (Å²) < 4.78 is 0.846. The van der Waals surface area contributed by atoms with Gasteiger partial charge in [0.2, 0.25) is 0 Å². The van der Waals surface area contributed by atoms with Crippen molar-refractivity contribution in [2.75, 3.05) is 6.54 Å². The Bertz CT molecular complexity index is 455. The Balaban J connectivity index is 1.79. The van der Waals surface area contributed by atoms with Crippen LogP contribution in [0.4, 0.5) is 0 Å². The molecule has 2 aromatic rings. The fraction of sp³-hybridized carbons (Fsp3) is 0.308. The predicted molar refractivity (Wildman–Crippen MR) is 73.7 cm³/mol. The second-order valence-electron chi connectivity index (χ2n) is 3.93. The third-order valence-corrected chi connectivity index (χ3v) is 3.75. The Morgan fingerprint density at radius 1 is 1.47 bits per heavy atom. The number of pyridine rings is 1. The first-order valence-electron chi connectivity index (χ1n) is 5.63. The molecule has 0 fully saturated rings. The zero-order valence-corrected chi connectivity index (χ0v) is 11.3. The minimum absolute atomic E-state index is 0.336.